The molecule has 20 heavy (non-hydrogen) atoms. The summed E-state index contributed by atoms with van der Waals surface area (Å²) in [4.78, 5) is 16.6. The Morgan fingerprint density at radius 3 is 2.75 bits per heavy atom. The predicted octanol–water partition coefficient (Wildman–Crippen LogP) is 4.47. The summed E-state index contributed by atoms with van der Waals surface area (Å²) in [5, 5.41) is 0. The highest BCUT2D eigenvalue weighted by Gasteiger charge is 2.14. The summed E-state index contributed by atoms with van der Waals surface area (Å²) in [5.41, 5.74) is 1.14. The molecule has 0 amide bonds. The maximum absolute atomic E-state index is 12.5. The molecule has 0 saturated heterocycles. The van der Waals surface area contributed by atoms with Crippen molar-refractivity contribution in [1.82, 2.24) is 4.98 Å². The molecule has 0 N–H and O–H groups in total. The molecule has 5 heteroatoms. The van der Waals surface area contributed by atoms with Crippen molar-refractivity contribution in [1.29, 1.82) is 0 Å². The molecule has 0 unspecified atom stereocenters. The summed E-state index contributed by atoms with van der Waals surface area (Å²) < 4.78 is 7.35. The Morgan fingerprint density at radius 2 is 2.05 bits per heavy atom. The topological polar surface area (TPSA) is 39.2 Å². The summed E-state index contributed by atoms with van der Waals surface area (Å²) in [6.45, 7) is 3.87. The number of carbonyl (C=O) groups is 1. The first kappa shape index (κ1) is 15.4. The van der Waals surface area contributed by atoms with Gasteiger partial charge in [0.2, 0.25) is 0 Å². The number of hydrogen-bond donors (Lipinski definition) is 0. The minimum Gasteiger partial charge on any atom is -0.489 e. The Bertz CT molecular complexity index is 644. The van der Waals surface area contributed by atoms with E-state index < -0.39 is 0 Å². The van der Waals surface area contributed by atoms with Crippen LogP contribution in [0.2, 0.25) is 0 Å². The van der Waals surface area contributed by atoms with Crippen LogP contribution in [0.3, 0.4) is 0 Å². The highest BCUT2D eigenvalue weighted by atomic mass is 127. The highest BCUT2D eigenvalue weighted by molar-refractivity contribution is 14.1. The van der Waals surface area contributed by atoms with Gasteiger partial charge >= 0.3 is 0 Å². The van der Waals surface area contributed by atoms with Crippen LogP contribution in [0.25, 0.3) is 0 Å². The molecule has 3 nitrogen and oxygen atoms in total. The van der Waals surface area contributed by atoms with Crippen LogP contribution in [0, 0.1) is 3.57 Å². The molecule has 0 aliphatic carbocycles. The van der Waals surface area contributed by atoms with E-state index in [2.05, 4.69) is 43.5 Å². The third kappa shape index (κ3) is 3.79. The van der Waals surface area contributed by atoms with Gasteiger partial charge in [0.05, 0.1) is 12.3 Å². The number of ether oxygens (including phenoxy) is 1. The van der Waals surface area contributed by atoms with Gasteiger partial charge in [-0.25, -0.2) is 0 Å². The van der Waals surface area contributed by atoms with Crippen molar-refractivity contribution in [3.63, 3.8) is 0 Å². The van der Waals surface area contributed by atoms with E-state index in [0.29, 0.717) is 16.9 Å². The van der Waals surface area contributed by atoms with Crippen LogP contribution in [-0.4, -0.2) is 16.9 Å². The number of benzene rings is 1. The molecule has 1 heterocycles. The largest absolute Gasteiger partial charge is 0.489 e. The molecule has 0 bridgehead atoms. The van der Waals surface area contributed by atoms with Crippen molar-refractivity contribution in [2.45, 2.75) is 20.0 Å². The number of carbonyl (C=O) groups excluding carboxylic acids is 1. The fraction of sp³-hybridized carbons (Fsp3) is 0.200. The van der Waals surface area contributed by atoms with E-state index in [4.69, 9.17) is 4.74 Å². The van der Waals surface area contributed by atoms with Crippen molar-refractivity contribution in [2.24, 2.45) is 0 Å². The summed E-state index contributed by atoms with van der Waals surface area (Å²) in [6.07, 6.45) is 3.22. The average Bonchev–Trinajstić information content (AvgIpc) is 2.40. The molecule has 0 fully saturated rings. The summed E-state index contributed by atoms with van der Waals surface area (Å²) >= 11 is 5.60. The third-order valence-corrected chi connectivity index (χ3v) is 3.88. The van der Waals surface area contributed by atoms with Crippen LogP contribution in [0.1, 0.15) is 29.8 Å². The first-order valence-electron chi connectivity index (χ1n) is 6.09. The second kappa shape index (κ2) is 6.67. The molecule has 0 aliphatic rings. The maximum atomic E-state index is 12.5. The highest BCUT2D eigenvalue weighted by Crippen LogP contribution is 2.23. The molecule has 2 rings (SSSR count). The quantitative estimate of drug-likeness (QED) is 0.515. The number of halogens is 2. The van der Waals surface area contributed by atoms with Gasteiger partial charge in [0, 0.05) is 25.4 Å². The molecule has 2 aromatic rings. The van der Waals surface area contributed by atoms with Crippen LogP contribution in [-0.2, 0) is 0 Å². The van der Waals surface area contributed by atoms with E-state index in [0.717, 1.165) is 8.04 Å². The minimum atomic E-state index is -0.0721. The standard InChI is InChI=1S/C15H13BrINO2/c1-9(2)20-12-5-10(7-18-8-12)15(19)13-6-11(17)3-4-14(13)16/h3-9H,1-2H3. The van der Waals surface area contributed by atoms with E-state index in [1.807, 2.05) is 32.0 Å². The van der Waals surface area contributed by atoms with Crippen LogP contribution < -0.4 is 4.74 Å². The van der Waals surface area contributed by atoms with E-state index in [1.54, 1.807) is 18.5 Å². The van der Waals surface area contributed by atoms with Crippen LogP contribution in [0.15, 0.2) is 41.1 Å². The first-order chi connectivity index (χ1) is 9.47. The van der Waals surface area contributed by atoms with Gasteiger partial charge in [-0.15, -0.1) is 0 Å². The zero-order chi connectivity index (χ0) is 14.7. The van der Waals surface area contributed by atoms with Gasteiger partial charge in [-0.1, -0.05) is 15.9 Å². The fourth-order valence-electron chi connectivity index (χ4n) is 1.71. The second-order valence-electron chi connectivity index (χ2n) is 4.53. The Kier molecular flexibility index (Phi) is 5.15. The van der Waals surface area contributed by atoms with Crippen LogP contribution >= 0.6 is 38.5 Å². The van der Waals surface area contributed by atoms with Gasteiger partial charge in [0.25, 0.3) is 0 Å². The number of hydrogen-bond acceptors (Lipinski definition) is 3. The summed E-state index contributed by atoms with van der Waals surface area (Å²) in [6, 6.07) is 7.39. The van der Waals surface area contributed by atoms with Crippen molar-refractivity contribution >= 4 is 44.3 Å². The zero-order valence-electron chi connectivity index (χ0n) is 11.1. The number of aromatic nitrogens is 1. The Balaban J connectivity index is 2.35. The molecular formula is C15H13BrINO2. The molecule has 0 atom stereocenters. The summed E-state index contributed by atoms with van der Waals surface area (Å²) in [7, 11) is 0. The van der Waals surface area contributed by atoms with Gasteiger partial charge in [0.15, 0.2) is 5.78 Å². The Labute approximate surface area is 140 Å². The van der Waals surface area contributed by atoms with Crippen LogP contribution in [0.4, 0.5) is 0 Å². The average molecular weight is 446 g/mol. The van der Waals surface area contributed by atoms with Crippen molar-refractivity contribution in [2.75, 3.05) is 0 Å². The molecule has 0 spiro atoms. The molecule has 104 valence electrons. The van der Waals surface area contributed by atoms with Gasteiger partial charge in [0.1, 0.15) is 5.75 Å². The van der Waals surface area contributed by atoms with E-state index in [1.165, 1.54) is 0 Å². The molecule has 0 radical (unpaired) electrons. The SMILES string of the molecule is CC(C)Oc1cncc(C(=O)c2cc(I)ccc2Br)c1. The van der Waals surface area contributed by atoms with Gasteiger partial charge in [-0.05, 0) is 60.7 Å². The zero-order valence-corrected chi connectivity index (χ0v) is 14.8. The number of pyridine rings is 1. The van der Waals surface area contributed by atoms with Gasteiger partial charge in [-0.2, -0.15) is 0 Å². The lowest BCUT2D eigenvalue weighted by Gasteiger charge is -2.10. The fourth-order valence-corrected chi connectivity index (χ4v) is 2.62. The van der Waals surface area contributed by atoms with E-state index in [9.17, 15) is 4.79 Å². The lowest BCUT2D eigenvalue weighted by molar-refractivity contribution is 0.103. The number of ketones is 1. The summed E-state index contributed by atoms with van der Waals surface area (Å²) in [5.74, 6) is 0.532. The lowest BCUT2D eigenvalue weighted by Crippen LogP contribution is -2.08. The Morgan fingerprint density at radius 1 is 1.30 bits per heavy atom. The lowest BCUT2D eigenvalue weighted by atomic mass is 10.1. The number of nitrogens with zero attached hydrogens (tertiary/aromatic N) is 1. The number of rotatable bonds is 4. The normalized spacial score (nSPS) is 10.7. The molecule has 0 saturated carbocycles. The minimum absolute atomic E-state index is 0.0477. The van der Waals surface area contributed by atoms with Crippen molar-refractivity contribution in [3.8, 4) is 5.75 Å². The van der Waals surface area contributed by atoms with Gasteiger partial charge < -0.3 is 4.74 Å². The van der Waals surface area contributed by atoms with Gasteiger partial charge in [-0.3, -0.25) is 9.78 Å². The van der Waals surface area contributed by atoms with E-state index >= 15 is 0 Å². The maximum Gasteiger partial charge on any atom is 0.195 e. The molecule has 0 aliphatic heterocycles. The van der Waals surface area contributed by atoms with Crippen LogP contribution in [0.5, 0.6) is 5.75 Å². The smallest absolute Gasteiger partial charge is 0.195 e. The van der Waals surface area contributed by atoms with E-state index in [-0.39, 0.29) is 11.9 Å². The third-order valence-electron chi connectivity index (χ3n) is 2.52. The second-order valence-corrected chi connectivity index (χ2v) is 6.63. The predicted molar refractivity (Wildman–Crippen MR) is 90.3 cm³/mol. The monoisotopic (exact) mass is 445 g/mol. The first-order valence-corrected chi connectivity index (χ1v) is 7.96. The van der Waals surface area contributed by atoms with Crippen molar-refractivity contribution < 1.29 is 9.53 Å². The molecule has 1 aromatic heterocycles. The Hall–Kier alpha value is -0.950. The van der Waals surface area contributed by atoms with Crippen molar-refractivity contribution in [3.05, 3.63) is 55.8 Å². The molecular weight excluding hydrogens is 433 g/mol. The molecule has 1 aromatic carbocycles.